The highest BCUT2D eigenvalue weighted by Crippen LogP contribution is 2.25. The molecule has 1 aromatic heterocycles. The summed E-state index contributed by atoms with van der Waals surface area (Å²) in [5.74, 6) is 1.42. The van der Waals surface area contributed by atoms with E-state index in [2.05, 4.69) is 5.32 Å². The molecule has 0 bridgehead atoms. The van der Waals surface area contributed by atoms with Gasteiger partial charge in [-0.25, -0.2) is 0 Å². The summed E-state index contributed by atoms with van der Waals surface area (Å²) in [5.41, 5.74) is 1.62. The lowest BCUT2D eigenvalue weighted by molar-refractivity contribution is -0.137. The van der Waals surface area contributed by atoms with Crippen LogP contribution in [0.5, 0.6) is 0 Å². The van der Waals surface area contributed by atoms with Crippen molar-refractivity contribution in [2.45, 2.75) is 19.4 Å². The smallest absolute Gasteiger partial charge is 0.323 e. The van der Waals surface area contributed by atoms with Gasteiger partial charge in [0.15, 0.2) is 0 Å². The highest BCUT2D eigenvalue weighted by molar-refractivity contribution is 7.99. The van der Waals surface area contributed by atoms with Crippen LogP contribution in [-0.2, 0) is 16.1 Å². The summed E-state index contributed by atoms with van der Waals surface area (Å²) in [7, 11) is 0. The van der Waals surface area contributed by atoms with Crippen LogP contribution in [0.25, 0.3) is 10.9 Å². The van der Waals surface area contributed by atoms with Crippen LogP contribution in [0.3, 0.4) is 0 Å². The molecule has 0 saturated carbocycles. The predicted molar refractivity (Wildman–Crippen MR) is 88.3 cm³/mol. The highest BCUT2D eigenvalue weighted by Gasteiger charge is 2.21. The fourth-order valence-electron chi connectivity index (χ4n) is 2.77. The zero-order chi connectivity index (χ0) is 15.5. The second kappa shape index (κ2) is 6.44. The van der Waals surface area contributed by atoms with E-state index in [-0.39, 0.29) is 18.4 Å². The second-order valence-electron chi connectivity index (χ2n) is 5.49. The van der Waals surface area contributed by atoms with Gasteiger partial charge in [-0.3, -0.25) is 9.59 Å². The van der Waals surface area contributed by atoms with Crippen LogP contribution in [0, 0.1) is 5.92 Å². The number of carboxylic acid groups (broad SMARTS) is 1. The highest BCUT2D eigenvalue weighted by atomic mass is 32.2. The monoisotopic (exact) mass is 318 g/mol. The largest absolute Gasteiger partial charge is 0.480 e. The lowest BCUT2D eigenvalue weighted by Gasteiger charge is -2.20. The van der Waals surface area contributed by atoms with Crippen molar-refractivity contribution in [3.63, 3.8) is 0 Å². The molecule has 2 heterocycles. The Balaban J connectivity index is 1.74. The quantitative estimate of drug-likeness (QED) is 0.909. The third-order valence-corrected chi connectivity index (χ3v) is 4.98. The minimum atomic E-state index is -0.870. The van der Waals surface area contributed by atoms with E-state index in [9.17, 15) is 9.59 Å². The number of aromatic nitrogens is 1. The first-order chi connectivity index (χ1) is 10.6. The van der Waals surface area contributed by atoms with E-state index in [1.165, 1.54) is 0 Å². The molecule has 5 nitrogen and oxygen atoms in total. The fourth-order valence-corrected chi connectivity index (χ4v) is 3.87. The first-order valence-electron chi connectivity index (χ1n) is 7.33. The van der Waals surface area contributed by atoms with Crippen LogP contribution in [0.15, 0.2) is 30.5 Å². The number of nitrogens with one attached hydrogen (secondary N) is 1. The second-order valence-corrected chi connectivity index (χ2v) is 6.71. The van der Waals surface area contributed by atoms with E-state index >= 15 is 0 Å². The Kier molecular flexibility index (Phi) is 4.38. The van der Waals surface area contributed by atoms with E-state index in [0.717, 1.165) is 40.9 Å². The molecule has 0 aliphatic carbocycles. The summed E-state index contributed by atoms with van der Waals surface area (Å²) >= 11 is 1.90. The Labute approximate surface area is 132 Å². The summed E-state index contributed by atoms with van der Waals surface area (Å²) in [6.45, 7) is -0.0606. The Morgan fingerprint density at radius 2 is 2.05 bits per heavy atom. The van der Waals surface area contributed by atoms with Gasteiger partial charge in [0.25, 0.3) is 0 Å². The molecule has 3 rings (SSSR count). The molecule has 0 unspecified atom stereocenters. The molecule has 1 fully saturated rings. The summed E-state index contributed by atoms with van der Waals surface area (Å²) < 4.78 is 1.68. The molecule has 2 N–H and O–H groups in total. The van der Waals surface area contributed by atoms with Crippen LogP contribution >= 0.6 is 11.8 Å². The fraction of sp³-hybridized carbons (Fsp3) is 0.375. The van der Waals surface area contributed by atoms with Crippen LogP contribution in [0.4, 0.5) is 5.69 Å². The molecule has 2 aromatic rings. The summed E-state index contributed by atoms with van der Waals surface area (Å²) in [4.78, 5) is 23.1. The molecule has 6 heteroatoms. The summed E-state index contributed by atoms with van der Waals surface area (Å²) in [6.07, 6.45) is 3.63. The predicted octanol–water partition coefficient (Wildman–Crippen LogP) is 2.81. The molecule has 22 heavy (non-hydrogen) atoms. The zero-order valence-electron chi connectivity index (χ0n) is 12.1. The van der Waals surface area contributed by atoms with Crippen molar-refractivity contribution in [2.24, 2.45) is 5.92 Å². The number of amides is 1. The number of hydrogen-bond donors (Lipinski definition) is 2. The van der Waals surface area contributed by atoms with Gasteiger partial charge in [-0.1, -0.05) is 0 Å². The van der Waals surface area contributed by atoms with Crippen molar-refractivity contribution in [3.05, 3.63) is 30.5 Å². The molecular formula is C16H18N2O3S. The van der Waals surface area contributed by atoms with Crippen LogP contribution in [0.1, 0.15) is 12.8 Å². The van der Waals surface area contributed by atoms with Gasteiger partial charge in [-0.15, -0.1) is 0 Å². The number of thioether (sulfide) groups is 1. The van der Waals surface area contributed by atoms with Crippen molar-refractivity contribution in [2.75, 3.05) is 16.8 Å². The number of aliphatic carboxylic acids is 1. The number of hydrogen-bond acceptors (Lipinski definition) is 3. The number of carboxylic acids is 1. The van der Waals surface area contributed by atoms with Gasteiger partial charge in [0.05, 0.1) is 0 Å². The summed E-state index contributed by atoms with van der Waals surface area (Å²) in [5, 5.41) is 12.8. The van der Waals surface area contributed by atoms with Crippen molar-refractivity contribution < 1.29 is 14.7 Å². The van der Waals surface area contributed by atoms with Crippen molar-refractivity contribution in [3.8, 4) is 0 Å². The topological polar surface area (TPSA) is 71.3 Å². The van der Waals surface area contributed by atoms with Gasteiger partial charge in [-0.2, -0.15) is 11.8 Å². The number of carbonyl (C=O) groups excluding carboxylic acids is 1. The molecule has 0 spiro atoms. The van der Waals surface area contributed by atoms with E-state index < -0.39 is 5.97 Å². The molecular weight excluding hydrogens is 300 g/mol. The molecule has 116 valence electrons. The minimum Gasteiger partial charge on any atom is -0.480 e. The Morgan fingerprint density at radius 1 is 1.27 bits per heavy atom. The van der Waals surface area contributed by atoms with Crippen molar-refractivity contribution in [1.82, 2.24) is 4.57 Å². The van der Waals surface area contributed by atoms with Gasteiger partial charge in [0, 0.05) is 28.7 Å². The van der Waals surface area contributed by atoms with Gasteiger partial charge in [0.2, 0.25) is 5.91 Å². The Bertz CT molecular complexity index is 704. The molecule has 0 atom stereocenters. The maximum Gasteiger partial charge on any atom is 0.323 e. The molecule has 1 aromatic carbocycles. The number of carbonyl (C=O) groups is 2. The normalized spacial score (nSPS) is 15.8. The Morgan fingerprint density at radius 3 is 2.77 bits per heavy atom. The van der Waals surface area contributed by atoms with Crippen LogP contribution in [-0.4, -0.2) is 33.1 Å². The van der Waals surface area contributed by atoms with E-state index in [1.54, 1.807) is 10.8 Å². The van der Waals surface area contributed by atoms with Crippen LogP contribution < -0.4 is 5.32 Å². The lowest BCUT2D eigenvalue weighted by atomic mass is 10.0. The van der Waals surface area contributed by atoms with Crippen molar-refractivity contribution in [1.29, 1.82) is 0 Å². The maximum atomic E-state index is 12.3. The van der Waals surface area contributed by atoms with Crippen LogP contribution in [0.2, 0.25) is 0 Å². The van der Waals surface area contributed by atoms with E-state index in [1.807, 2.05) is 36.0 Å². The molecule has 1 saturated heterocycles. The van der Waals surface area contributed by atoms with E-state index in [4.69, 9.17) is 5.11 Å². The van der Waals surface area contributed by atoms with Gasteiger partial charge in [-0.05, 0) is 48.6 Å². The van der Waals surface area contributed by atoms with Gasteiger partial charge < -0.3 is 15.0 Å². The average Bonchev–Trinajstić information content (AvgIpc) is 2.90. The maximum absolute atomic E-state index is 12.3. The SMILES string of the molecule is O=C(O)Cn1ccc2cc(NC(=O)C3CCSCC3)ccc21. The molecule has 1 amide bonds. The minimum absolute atomic E-state index is 0.0606. The zero-order valence-corrected chi connectivity index (χ0v) is 12.9. The number of anilines is 1. The Hall–Kier alpha value is -1.95. The van der Waals surface area contributed by atoms with Gasteiger partial charge in [0.1, 0.15) is 6.54 Å². The molecule has 1 aliphatic rings. The number of nitrogens with zero attached hydrogens (tertiary/aromatic N) is 1. The first-order valence-corrected chi connectivity index (χ1v) is 8.48. The lowest BCUT2D eigenvalue weighted by Crippen LogP contribution is -2.26. The molecule has 1 aliphatic heterocycles. The number of fused-ring (bicyclic) bond motifs is 1. The molecule has 0 radical (unpaired) electrons. The third-order valence-electron chi connectivity index (χ3n) is 3.94. The summed E-state index contributed by atoms with van der Waals surface area (Å²) in [6, 6.07) is 7.44. The standard InChI is InChI=1S/C16H18N2O3S/c19-15(20)10-18-6-3-12-9-13(1-2-14(12)18)17-16(21)11-4-7-22-8-5-11/h1-3,6,9,11H,4-5,7-8,10H2,(H,17,21)(H,19,20). The first kappa shape index (κ1) is 15.0. The number of rotatable bonds is 4. The van der Waals surface area contributed by atoms with Gasteiger partial charge >= 0.3 is 5.97 Å². The average molecular weight is 318 g/mol. The third kappa shape index (κ3) is 3.27. The van der Waals surface area contributed by atoms with E-state index in [0.29, 0.717) is 0 Å². The number of benzene rings is 1. The van der Waals surface area contributed by atoms with Crippen molar-refractivity contribution >= 4 is 40.2 Å².